The minimum absolute atomic E-state index is 0.104. The number of nitrogens with one attached hydrogen (secondary N) is 1. The van der Waals surface area contributed by atoms with Crippen LogP contribution in [0, 0.1) is 0 Å². The molecule has 1 heterocycles. The molecule has 0 atom stereocenters. The first-order valence-corrected chi connectivity index (χ1v) is 10.3. The summed E-state index contributed by atoms with van der Waals surface area (Å²) in [5.74, 6) is -0.463. The molecule has 0 unspecified atom stereocenters. The van der Waals surface area contributed by atoms with Crippen LogP contribution in [0.25, 0.3) is 0 Å². The number of ether oxygens (including phenoxy) is 1. The van der Waals surface area contributed by atoms with Gasteiger partial charge in [0.2, 0.25) is 5.91 Å². The van der Waals surface area contributed by atoms with Gasteiger partial charge in [0, 0.05) is 11.1 Å². The average molecular weight is 432 g/mol. The van der Waals surface area contributed by atoms with E-state index in [2.05, 4.69) is 9.71 Å². The highest BCUT2D eigenvalue weighted by atomic mass is 35.5. The zero-order chi connectivity index (χ0) is 21.0. The van der Waals surface area contributed by atoms with Gasteiger partial charge in [0.25, 0.3) is 10.0 Å². The Hall–Kier alpha value is -3.10. The second-order valence-corrected chi connectivity index (χ2v) is 8.24. The average Bonchev–Trinajstić information content (AvgIpc) is 2.67. The summed E-state index contributed by atoms with van der Waals surface area (Å²) in [7, 11) is -2.71. The smallest absolute Gasteiger partial charge is 0.263 e. The first-order chi connectivity index (χ1) is 13.8. The molecule has 9 heteroatoms. The van der Waals surface area contributed by atoms with Crippen LogP contribution in [0.4, 0.5) is 5.69 Å². The summed E-state index contributed by atoms with van der Waals surface area (Å²) in [6.45, 7) is 0. The van der Waals surface area contributed by atoms with Gasteiger partial charge in [0.1, 0.15) is 10.6 Å². The topological polar surface area (TPSA) is 111 Å². The van der Waals surface area contributed by atoms with E-state index in [1.807, 2.05) is 6.07 Å². The van der Waals surface area contributed by atoms with Gasteiger partial charge in [-0.05, 0) is 35.7 Å². The number of benzene rings is 2. The van der Waals surface area contributed by atoms with Gasteiger partial charge < -0.3 is 10.5 Å². The number of pyridine rings is 1. The summed E-state index contributed by atoms with van der Waals surface area (Å²) >= 11 is 6.03. The third-order valence-corrected chi connectivity index (χ3v) is 5.87. The fraction of sp³-hybridized carbons (Fsp3) is 0.100. The number of rotatable bonds is 7. The van der Waals surface area contributed by atoms with E-state index >= 15 is 0 Å². The zero-order valence-electron chi connectivity index (χ0n) is 15.4. The standard InChI is InChI=1S/C20H18ClN3O4S/c1-28-17-10-16(11-23-12-17)24-29(26,27)19-14(5-3-7-18(19)20(22)25)8-13-4-2-6-15(21)9-13/h2-7,9-12,24H,8H2,1H3,(H2,22,25). The van der Waals surface area contributed by atoms with Crippen LogP contribution in [0.3, 0.4) is 0 Å². The lowest BCUT2D eigenvalue weighted by Crippen LogP contribution is -2.22. The number of carbonyl (C=O) groups is 1. The summed E-state index contributed by atoms with van der Waals surface area (Å²) < 4.78 is 33.9. The van der Waals surface area contributed by atoms with Gasteiger partial charge in [-0.2, -0.15) is 0 Å². The van der Waals surface area contributed by atoms with Gasteiger partial charge in [-0.25, -0.2) is 8.42 Å². The molecular weight excluding hydrogens is 414 g/mol. The number of primary amides is 1. The van der Waals surface area contributed by atoms with Crippen LogP contribution in [0.15, 0.2) is 65.8 Å². The van der Waals surface area contributed by atoms with Gasteiger partial charge in [-0.15, -0.1) is 0 Å². The molecule has 0 radical (unpaired) electrons. The second-order valence-electron chi connectivity index (χ2n) is 6.18. The third kappa shape index (κ3) is 4.85. The first kappa shape index (κ1) is 20.6. The molecule has 0 bridgehead atoms. The SMILES string of the molecule is COc1cncc(NS(=O)(=O)c2c(Cc3cccc(Cl)c3)cccc2C(N)=O)c1. The van der Waals surface area contributed by atoms with Crippen molar-refractivity contribution in [3.63, 3.8) is 0 Å². The maximum absolute atomic E-state index is 13.2. The number of halogens is 1. The Morgan fingerprint density at radius 1 is 1.17 bits per heavy atom. The molecule has 1 amide bonds. The molecule has 7 nitrogen and oxygen atoms in total. The fourth-order valence-corrected chi connectivity index (χ4v) is 4.58. The molecule has 0 saturated carbocycles. The van der Waals surface area contributed by atoms with Crippen molar-refractivity contribution in [1.29, 1.82) is 0 Å². The van der Waals surface area contributed by atoms with Gasteiger partial charge in [0.15, 0.2) is 0 Å². The minimum Gasteiger partial charge on any atom is -0.495 e. The lowest BCUT2D eigenvalue weighted by molar-refractivity contribution is 0.0997. The summed E-state index contributed by atoms with van der Waals surface area (Å²) in [6, 6.07) is 13.1. The van der Waals surface area contributed by atoms with Crippen molar-refractivity contribution in [3.8, 4) is 5.75 Å². The Labute approximate surface area is 173 Å². The minimum atomic E-state index is -4.15. The molecule has 3 rings (SSSR count). The Morgan fingerprint density at radius 3 is 2.62 bits per heavy atom. The lowest BCUT2D eigenvalue weighted by atomic mass is 10.0. The molecular formula is C20H18ClN3O4S. The van der Waals surface area contributed by atoms with E-state index < -0.39 is 15.9 Å². The van der Waals surface area contributed by atoms with E-state index in [1.165, 1.54) is 31.6 Å². The van der Waals surface area contributed by atoms with E-state index in [4.69, 9.17) is 22.1 Å². The summed E-state index contributed by atoms with van der Waals surface area (Å²) in [4.78, 5) is 15.7. The Morgan fingerprint density at radius 2 is 1.93 bits per heavy atom. The highest BCUT2D eigenvalue weighted by Crippen LogP contribution is 2.27. The number of nitrogens with zero attached hydrogens (tertiary/aromatic N) is 1. The van der Waals surface area contributed by atoms with Crippen molar-refractivity contribution < 1.29 is 17.9 Å². The van der Waals surface area contributed by atoms with Crippen LogP contribution < -0.4 is 15.2 Å². The van der Waals surface area contributed by atoms with Crippen LogP contribution in [-0.2, 0) is 16.4 Å². The molecule has 0 saturated heterocycles. The van der Waals surface area contributed by atoms with Crippen molar-refractivity contribution in [3.05, 3.63) is 82.6 Å². The molecule has 0 aliphatic heterocycles. The van der Waals surface area contributed by atoms with Crippen molar-refractivity contribution in [2.75, 3.05) is 11.8 Å². The van der Waals surface area contributed by atoms with E-state index in [9.17, 15) is 13.2 Å². The van der Waals surface area contributed by atoms with Crippen molar-refractivity contribution in [1.82, 2.24) is 4.98 Å². The second kappa shape index (κ2) is 8.50. The number of aromatic nitrogens is 1. The van der Waals surface area contributed by atoms with Crippen LogP contribution in [-0.4, -0.2) is 26.4 Å². The van der Waals surface area contributed by atoms with Crippen LogP contribution in [0.5, 0.6) is 5.75 Å². The predicted molar refractivity (Wildman–Crippen MR) is 111 cm³/mol. The number of methoxy groups -OCH3 is 1. The number of hydrogen-bond acceptors (Lipinski definition) is 5. The molecule has 3 N–H and O–H groups in total. The van der Waals surface area contributed by atoms with E-state index in [0.717, 1.165) is 5.56 Å². The quantitative estimate of drug-likeness (QED) is 0.596. The molecule has 1 aromatic heterocycles. The normalized spacial score (nSPS) is 11.1. The van der Waals surface area contributed by atoms with Gasteiger partial charge in [-0.3, -0.25) is 14.5 Å². The summed E-state index contributed by atoms with van der Waals surface area (Å²) in [6.07, 6.45) is 3.03. The van der Waals surface area contributed by atoms with Crippen LogP contribution >= 0.6 is 11.6 Å². The fourth-order valence-electron chi connectivity index (χ4n) is 2.89. The highest BCUT2D eigenvalue weighted by Gasteiger charge is 2.25. The molecule has 0 fully saturated rings. The summed E-state index contributed by atoms with van der Waals surface area (Å²) in [5, 5.41) is 0.526. The number of amides is 1. The van der Waals surface area contributed by atoms with Crippen molar-refractivity contribution in [2.45, 2.75) is 11.3 Å². The monoisotopic (exact) mass is 431 g/mol. The largest absolute Gasteiger partial charge is 0.495 e. The highest BCUT2D eigenvalue weighted by molar-refractivity contribution is 7.92. The summed E-state index contributed by atoms with van der Waals surface area (Å²) in [5.41, 5.74) is 6.74. The molecule has 2 aromatic carbocycles. The number of anilines is 1. The lowest BCUT2D eigenvalue weighted by Gasteiger charge is -2.15. The molecule has 0 spiro atoms. The predicted octanol–water partition coefficient (Wildman–Crippen LogP) is 3.23. The number of carbonyl (C=O) groups excluding carboxylic acids is 1. The van der Waals surface area contributed by atoms with E-state index in [1.54, 1.807) is 30.3 Å². The molecule has 0 aliphatic rings. The molecule has 150 valence electrons. The van der Waals surface area contributed by atoms with E-state index in [-0.39, 0.29) is 22.6 Å². The van der Waals surface area contributed by atoms with Gasteiger partial charge in [0.05, 0.1) is 30.8 Å². The number of hydrogen-bond donors (Lipinski definition) is 2. The zero-order valence-corrected chi connectivity index (χ0v) is 17.0. The van der Waals surface area contributed by atoms with Crippen molar-refractivity contribution >= 4 is 33.2 Å². The number of nitrogens with two attached hydrogens (primary N) is 1. The van der Waals surface area contributed by atoms with Crippen LogP contribution in [0.1, 0.15) is 21.5 Å². The third-order valence-electron chi connectivity index (χ3n) is 4.12. The molecule has 0 aliphatic carbocycles. The maximum atomic E-state index is 13.2. The number of sulfonamides is 1. The van der Waals surface area contributed by atoms with E-state index in [0.29, 0.717) is 16.3 Å². The Bertz CT molecular complexity index is 1170. The van der Waals surface area contributed by atoms with Gasteiger partial charge >= 0.3 is 0 Å². The van der Waals surface area contributed by atoms with Gasteiger partial charge in [-0.1, -0.05) is 35.9 Å². The maximum Gasteiger partial charge on any atom is 0.263 e. The first-order valence-electron chi connectivity index (χ1n) is 8.48. The molecule has 29 heavy (non-hydrogen) atoms. The van der Waals surface area contributed by atoms with Crippen molar-refractivity contribution in [2.24, 2.45) is 5.73 Å². The Balaban J connectivity index is 2.08. The van der Waals surface area contributed by atoms with Crippen LogP contribution in [0.2, 0.25) is 5.02 Å². The Kier molecular flexibility index (Phi) is 6.05. The molecule has 3 aromatic rings.